The Morgan fingerprint density at radius 3 is 2.45 bits per heavy atom. The van der Waals surface area contributed by atoms with Gasteiger partial charge in [-0.05, 0) is 48.9 Å². The fraction of sp³-hybridized carbons (Fsp3) is 0.0870. The van der Waals surface area contributed by atoms with Crippen LogP contribution in [0.15, 0.2) is 75.9 Å². The number of nitro benzene ring substituents is 1. The molecule has 1 atom stereocenters. The van der Waals surface area contributed by atoms with Gasteiger partial charge in [0.15, 0.2) is 5.43 Å². The highest BCUT2D eigenvalue weighted by molar-refractivity contribution is 6.10. The molecule has 5 rings (SSSR count). The maximum atomic E-state index is 13.4. The highest BCUT2D eigenvalue weighted by Gasteiger charge is 2.44. The lowest BCUT2D eigenvalue weighted by molar-refractivity contribution is -0.384. The molecular weight excluding hydrogens is 398 g/mol. The van der Waals surface area contributed by atoms with Crippen molar-refractivity contribution in [2.45, 2.75) is 13.0 Å². The van der Waals surface area contributed by atoms with E-state index in [1.54, 1.807) is 61.5 Å². The number of anilines is 1. The molecule has 2 aromatic carbocycles. The first kappa shape index (κ1) is 18.7. The lowest BCUT2D eigenvalue weighted by Crippen LogP contribution is -2.30. The molecule has 2 aromatic heterocycles. The monoisotopic (exact) mass is 413 g/mol. The number of carbonyl (C=O) groups is 1. The summed E-state index contributed by atoms with van der Waals surface area (Å²) in [5.74, 6) is -0.169. The van der Waals surface area contributed by atoms with Crippen LogP contribution in [-0.2, 0) is 0 Å². The number of aryl methyl sites for hydroxylation is 1. The van der Waals surface area contributed by atoms with Gasteiger partial charge in [0, 0.05) is 17.8 Å². The Morgan fingerprint density at radius 2 is 1.74 bits per heavy atom. The topological polar surface area (TPSA) is 107 Å². The zero-order valence-electron chi connectivity index (χ0n) is 16.3. The second kappa shape index (κ2) is 6.88. The van der Waals surface area contributed by atoms with Crippen molar-refractivity contribution in [3.05, 3.63) is 110 Å². The van der Waals surface area contributed by atoms with E-state index in [9.17, 15) is 19.7 Å². The molecule has 0 fully saturated rings. The third-order valence-electron chi connectivity index (χ3n) is 5.32. The van der Waals surface area contributed by atoms with E-state index >= 15 is 0 Å². The van der Waals surface area contributed by atoms with Crippen LogP contribution in [0.5, 0.6) is 0 Å². The van der Waals surface area contributed by atoms with E-state index in [1.165, 1.54) is 17.0 Å². The van der Waals surface area contributed by atoms with Gasteiger partial charge in [-0.2, -0.15) is 0 Å². The van der Waals surface area contributed by atoms with E-state index in [-0.39, 0.29) is 22.4 Å². The number of aromatic nitrogens is 1. The minimum atomic E-state index is -0.821. The summed E-state index contributed by atoms with van der Waals surface area (Å²) >= 11 is 0. The fourth-order valence-electron chi connectivity index (χ4n) is 3.91. The van der Waals surface area contributed by atoms with Crippen molar-refractivity contribution in [1.29, 1.82) is 0 Å². The van der Waals surface area contributed by atoms with Crippen LogP contribution in [0.3, 0.4) is 0 Å². The molecule has 0 saturated heterocycles. The highest BCUT2D eigenvalue weighted by Crippen LogP contribution is 2.40. The van der Waals surface area contributed by atoms with Gasteiger partial charge in [-0.3, -0.25) is 24.6 Å². The minimum Gasteiger partial charge on any atom is -0.450 e. The number of carbonyl (C=O) groups excluding carboxylic acids is 1. The molecule has 0 N–H and O–H groups in total. The second-order valence-electron chi connectivity index (χ2n) is 7.23. The third-order valence-corrected chi connectivity index (χ3v) is 5.32. The van der Waals surface area contributed by atoms with Crippen molar-refractivity contribution < 1.29 is 14.1 Å². The van der Waals surface area contributed by atoms with E-state index < -0.39 is 16.9 Å². The number of para-hydroxylation sites is 1. The number of hydrogen-bond acceptors (Lipinski definition) is 6. The van der Waals surface area contributed by atoms with E-state index in [2.05, 4.69) is 4.98 Å². The molecule has 1 unspecified atom stereocenters. The van der Waals surface area contributed by atoms with Crippen LogP contribution >= 0.6 is 0 Å². The van der Waals surface area contributed by atoms with E-state index in [0.717, 1.165) is 0 Å². The summed E-state index contributed by atoms with van der Waals surface area (Å²) in [7, 11) is 0. The van der Waals surface area contributed by atoms with E-state index in [1.807, 2.05) is 0 Å². The predicted molar refractivity (Wildman–Crippen MR) is 113 cm³/mol. The van der Waals surface area contributed by atoms with Crippen LogP contribution in [-0.4, -0.2) is 15.8 Å². The molecule has 0 radical (unpaired) electrons. The average molecular weight is 413 g/mol. The summed E-state index contributed by atoms with van der Waals surface area (Å²) in [6, 6.07) is 17.0. The summed E-state index contributed by atoms with van der Waals surface area (Å²) in [6.07, 6.45) is 0. The van der Waals surface area contributed by atoms with Crippen molar-refractivity contribution in [2.24, 2.45) is 0 Å². The number of hydrogen-bond donors (Lipinski definition) is 0. The summed E-state index contributed by atoms with van der Waals surface area (Å²) in [6.45, 7) is 1.80. The van der Waals surface area contributed by atoms with Crippen LogP contribution in [0.4, 0.5) is 11.5 Å². The second-order valence-corrected chi connectivity index (χ2v) is 7.23. The molecule has 8 heteroatoms. The quantitative estimate of drug-likeness (QED) is 0.369. The zero-order chi connectivity index (χ0) is 21.7. The Hall–Kier alpha value is -4.33. The number of non-ortho nitro benzene ring substituents is 1. The van der Waals surface area contributed by atoms with Crippen LogP contribution in [0, 0.1) is 17.0 Å². The number of nitro groups is 1. The van der Waals surface area contributed by atoms with Crippen LogP contribution in [0.25, 0.3) is 11.0 Å². The molecular formula is C23H15N3O5. The van der Waals surface area contributed by atoms with Crippen molar-refractivity contribution in [1.82, 2.24) is 4.98 Å². The molecule has 0 bridgehead atoms. The Labute approximate surface area is 175 Å². The Bertz CT molecular complexity index is 1430. The average Bonchev–Trinajstić information content (AvgIpc) is 3.06. The summed E-state index contributed by atoms with van der Waals surface area (Å²) in [4.78, 5) is 43.3. The number of benzene rings is 2. The maximum absolute atomic E-state index is 13.4. The maximum Gasteiger partial charge on any atom is 0.296 e. The SMILES string of the molecule is Cc1cccc(N2C(=O)c3oc4ccccc4c(=O)c3C2c2ccc([N+](=O)[O-])cc2)n1. The smallest absolute Gasteiger partial charge is 0.296 e. The predicted octanol–water partition coefficient (Wildman–Crippen LogP) is 4.15. The number of rotatable bonds is 3. The van der Waals surface area contributed by atoms with Gasteiger partial charge in [-0.25, -0.2) is 4.98 Å². The number of pyridine rings is 1. The van der Waals surface area contributed by atoms with E-state index in [0.29, 0.717) is 28.0 Å². The van der Waals surface area contributed by atoms with Crippen molar-refractivity contribution in [2.75, 3.05) is 4.90 Å². The van der Waals surface area contributed by atoms with Crippen LogP contribution in [0.1, 0.15) is 33.4 Å². The lowest BCUT2D eigenvalue weighted by atomic mass is 9.98. The molecule has 31 heavy (non-hydrogen) atoms. The Kier molecular flexibility index (Phi) is 4.14. The van der Waals surface area contributed by atoms with Gasteiger partial charge in [0.1, 0.15) is 11.4 Å². The van der Waals surface area contributed by atoms with Crippen molar-refractivity contribution in [3.63, 3.8) is 0 Å². The molecule has 0 saturated carbocycles. The first-order chi connectivity index (χ1) is 15.0. The van der Waals surface area contributed by atoms with Gasteiger partial charge >= 0.3 is 0 Å². The number of nitrogens with zero attached hydrogens (tertiary/aromatic N) is 3. The molecule has 0 spiro atoms. The first-order valence-corrected chi connectivity index (χ1v) is 9.53. The van der Waals surface area contributed by atoms with Gasteiger partial charge in [-0.15, -0.1) is 0 Å². The van der Waals surface area contributed by atoms with Crippen LogP contribution in [0.2, 0.25) is 0 Å². The molecule has 4 aromatic rings. The molecule has 1 aliphatic heterocycles. The molecule has 1 amide bonds. The molecule has 3 heterocycles. The molecule has 152 valence electrons. The standard InChI is InChI=1S/C23H15N3O5/c1-13-5-4-8-18(24-13)25-20(14-9-11-15(12-10-14)26(29)30)19-21(27)16-6-2-3-7-17(16)31-22(19)23(25)28/h2-12,20H,1H3. The van der Waals surface area contributed by atoms with Crippen molar-refractivity contribution >= 4 is 28.4 Å². The number of fused-ring (bicyclic) bond motifs is 2. The van der Waals surface area contributed by atoms with Gasteiger partial charge < -0.3 is 4.42 Å². The summed E-state index contributed by atoms with van der Waals surface area (Å²) in [5, 5.41) is 11.4. The highest BCUT2D eigenvalue weighted by atomic mass is 16.6. The summed E-state index contributed by atoms with van der Waals surface area (Å²) in [5.41, 5.74) is 1.36. The molecule has 1 aliphatic rings. The Balaban J connectivity index is 1.79. The molecule has 8 nitrogen and oxygen atoms in total. The Morgan fingerprint density at radius 1 is 1.00 bits per heavy atom. The lowest BCUT2D eigenvalue weighted by Gasteiger charge is -2.24. The van der Waals surface area contributed by atoms with E-state index in [4.69, 9.17) is 4.42 Å². The molecule has 0 aliphatic carbocycles. The zero-order valence-corrected chi connectivity index (χ0v) is 16.3. The first-order valence-electron chi connectivity index (χ1n) is 9.53. The fourth-order valence-corrected chi connectivity index (χ4v) is 3.91. The van der Waals surface area contributed by atoms with Gasteiger partial charge in [0.05, 0.1) is 21.9 Å². The normalized spacial score (nSPS) is 15.3. The third kappa shape index (κ3) is 2.88. The number of amides is 1. The minimum absolute atomic E-state index is 0.0460. The van der Waals surface area contributed by atoms with Crippen LogP contribution < -0.4 is 10.3 Å². The van der Waals surface area contributed by atoms with Gasteiger partial charge in [0.25, 0.3) is 11.6 Å². The largest absolute Gasteiger partial charge is 0.450 e. The van der Waals surface area contributed by atoms with Gasteiger partial charge in [-0.1, -0.05) is 18.2 Å². The van der Waals surface area contributed by atoms with Crippen molar-refractivity contribution in [3.8, 4) is 0 Å². The van der Waals surface area contributed by atoms with Gasteiger partial charge in [0.2, 0.25) is 5.76 Å². The summed E-state index contributed by atoms with van der Waals surface area (Å²) < 4.78 is 5.87.